The van der Waals surface area contributed by atoms with Crippen LogP contribution >= 0.6 is 0 Å². The summed E-state index contributed by atoms with van der Waals surface area (Å²) in [5.74, 6) is 0.664. The molecule has 1 aliphatic rings. The Hall–Kier alpha value is -2.96. The number of pyridine rings is 1. The van der Waals surface area contributed by atoms with Crippen LogP contribution in [0.25, 0.3) is 0 Å². The second kappa shape index (κ2) is 7.95. The molecule has 26 heavy (non-hydrogen) atoms. The Morgan fingerprint density at radius 3 is 2.50 bits per heavy atom. The Morgan fingerprint density at radius 2 is 1.85 bits per heavy atom. The predicted molar refractivity (Wildman–Crippen MR) is 99.2 cm³/mol. The van der Waals surface area contributed by atoms with Crippen molar-refractivity contribution in [1.82, 2.24) is 9.88 Å². The van der Waals surface area contributed by atoms with Crippen LogP contribution in [0, 0.1) is 10.1 Å². The average Bonchev–Trinajstić information content (AvgIpc) is 2.68. The molecule has 1 atom stereocenters. The highest BCUT2D eigenvalue weighted by Crippen LogP contribution is 2.26. The molecule has 7 heteroatoms. The van der Waals surface area contributed by atoms with Gasteiger partial charge in [0.2, 0.25) is 11.7 Å². The fourth-order valence-corrected chi connectivity index (χ4v) is 3.23. The zero-order chi connectivity index (χ0) is 18.5. The van der Waals surface area contributed by atoms with Crippen molar-refractivity contribution in [2.75, 3.05) is 31.1 Å². The molecule has 2 aromatic rings. The van der Waals surface area contributed by atoms with E-state index in [0.29, 0.717) is 38.4 Å². The van der Waals surface area contributed by atoms with Gasteiger partial charge in [0.05, 0.1) is 4.92 Å². The van der Waals surface area contributed by atoms with Crippen LogP contribution in [0.3, 0.4) is 0 Å². The number of carbonyl (C=O) groups excluding carboxylic acids is 1. The lowest BCUT2D eigenvalue weighted by Gasteiger charge is -2.35. The number of nitro groups is 1. The molecule has 0 unspecified atom stereocenters. The van der Waals surface area contributed by atoms with Crippen molar-refractivity contribution < 1.29 is 9.72 Å². The second-order valence-corrected chi connectivity index (χ2v) is 6.49. The molecule has 1 saturated heterocycles. The summed E-state index contributed by atoms with van der Waals surface area (Å²) in [5, 5.41) is 11.2. The zero-order valence-electron chi connectivity index (χ0n) is 14.7. The quantitative estimate of drug-likeness (QED) is 0.609. The normalized spacial score (nSPS) is 15.6. The predicted octanol–water partition coefficient (Wildman–Crippen LogP) is 2.83. The van der Waals surface area contributed by atoms with Crippen LogP contribution in [0.5, 0.6) is 0 Å². The van der Waals surface area contributed by atoms with Crippen molar-refractivity contribution in [3.05, 3.63) is 64.3 Å². The number of benzene rings is 1. The van der Waals surface area contributed by atoms with E-state index in [1.54, 1.807) is 12.3 Å². The van der Waals surface area contributed by atoms with Crippen molar-refractivity contribution in [3.63, 3.8) is 0 Å². The van der Waals surface area contributed by atoms with Crippen molar-refractivity contribution in [1.29, 1.82) is 0 Å². The first kappa shape index (κ1) is 17.8. The Kier molecular flexibility index (Phi) is 5.46. The molecule has 0 N–H and O–H groups in total. The van der Waals surface area contributed by atoms with Gasteiger partial charge in [-0.3, -0.25) is 14.9 Å². The second-order valence-electron chi connectivity index (χ2n) is 6.49. The highest BCUT2D eigenvalue weighted by molar-refractivity contribution is 5.77. The van der Waals surface area contributed by atoms with Gasteiger partial charge in [-0.25, -0.2) is 4.98 Å². The minimum absolute atomic E-state index is 0.00461. The average molecular weight is 354 g/mol. The van der Waals surface area contributed by atoms with Gasteiger partial charge in [-0.15, -0.1) is 0 Å². The third-order valence-corrected chi connectivity index (χ3v) is 4.74. The molecule has 1 aromatic carbocycles. The maximum atomic E-state index is 12.6. The van der Waals surface area contributed by atoms with Gasteiger partial charge in [0, 0.05) is 44.9 Å². The van der Waals surface area contributed by atoms with Crippen LogP contribution in [0.15, 0.2) is 48.7 Å². The summed E-state index contributed by atoms with van der Waals surface area (Å²) in [6, 6.07) is 13.0. The maximum Gasteiger partial charge on any atom is 0.311 e. The third kappa shape index (κ3) is 3.99. The van der Waals surface area contributed by atoms with Crippen LogP contribution < -0.4 is 4.90 Å². The largest absolute Gasteiger partial charge is 0.347 e. The van der Waals surface area contributed by atoms with Gasteiger partial charge in [-0.2, -0.15) is 0 Å². The number of hydrogen-bond donors (Lipinski definition) is 0. The number of hydrogen-bond acceptors (Lipinski definition) is 5. The highest BCUT2D eigenvalue weighted by atomic mass is 16.6. The molecule has 136 valence electrons. The van der Waals surface area contributed by atoms with Gasteiger partial charge in [-0.05, 0) is 17.5 Å². The minimum atomic E-state index is -0.415. The molecule has 7 nitrogen and oxygen atoms in total. The molecule has 0 bridgehead atoms. The Bertz CT molecular complexity index is 773. The topological polar surface area (TPSA) is 79.6 Å². The third-order valence-electron chi connectivity index (χ3n) is 4.74. The van der Waals surface area contributed by atoms with Crippen molar-refractivity contribution in [2.24, 2.45) is 0 Å². The first-order valence-corrected chi connectivity index (χ1v) is 8.73. The van der Waals surface area contributed by atoms with Gasteiger partial charge in [0.15, 0.2) is 0 Å². The van der Waals surface area contributed by atoms with Crippen LogP contribution in [-0.2, 0) is 4.79 Å². The Balaban J connectivity index is 1.58. The summed E-state index contributed by atoms with van der Waals surface area (Å²) >= 11 is 0. The van der Waals surface area contributed by atoms with E-state index in [2.05, 4.69) is 11.9 Å². The number of rotatable bonds is 5. The van der Waals surface area contributed by atoms with Gasteiger partial charge >= 0.3 is 5.69 Å². The molecule has 0 radical (unpaired) electrons. The van der Waals surface area contributed by atoms with E-state index in [4.69, 9.17) is 0 Å². The highest BCUT2D eigenvalue weighted by Gasteiger charge is 2.27. The molecule has 3 rings (SSSR count). The summed E-state index contributed by atoms with van der Waals surface area (Å²) < 4.78 is 0. The molecule has 0 aliphatic carbocycles. The molecule has 1 aliphatic heterocycles. The summed E-state index contributed by atoms with van der Waals surface area (Å²) in [6.45, 7) is 4.25. The summed E-state index contributed by atoms with van der Waals surface area (Å²) in [5.41, 5.74) is 1.16. The van der Waals surface area contributed by atoms with E-state index in [-0.39, 0.29) is 17.5 Å². The lowest BCUT2D eigenvalue weighted by Crippen LogP contribution is -2.49. The van der Waals surface area contributed by atoms with E-state index in [0.717, 1.165) is 5.56 Å². The number of piperazine rings is 1. The van der Waals surface area contributed by atoms with Gasteiger partial charge < -0.3 is 9.80 Å². The van der Waals surface area contributed by atoms with E-state index in [1.165, 1.54) is 6.07 Å². The molecule has 2 heterocycles. The van der Waals surface area contributed by atoms with E-state index < -0.39 is 4.92 Å². The van der Waals surface area contributed by atoms with E-state index in [9.17, 15) is 14.9 Å². The molecule has 1 fully saturated rings. The maximum absolute atomic E-state index is 12.6. The standard InChI is InChI=1S/C19H22N4O3/c1-15(16-6-3-2-4-7-16)14-18(24)21-10-12-22(13-11-21)19-17(23(25)26)8-5-9-20-19/h2-9,15H,10-14H2,1H3/t15-/m1/s1. The number of anilines is 1. The lowest BCUT2D eigenvalue weighted by molar-refractivity contribution is -0.384. The van der Waals surface area contributed by atoms with Crippen LogP contribution in [0.1, 0.15) is 24.8 Å². The summed E-state index contributed by atoms with van der Waals surface area (Å²) in [7, 11) is 0. The van der Waals surface area contributed by atoms with Crippen LogP contribution in [0.4, 0.5) is 11.5 Å². The molecule has 0 saturated carbocycles. The van der Waals surface area contributed by atoms with Gasteiger partial charge in [0.1, 0.15) is 0 Å². The Labute approximate surface area is 152 Å². The van der Waals surface area contributed by atoms with Gasteiger partial charge in [0.25, 0.3) is 0 Å². The summed E-state index contributed by atoms with van der Waals surface area (Å²) in [4.78, 5) is 31.2. The number of carbonyl (C=O) groups is 1. The molecule has 1 aromatic heterocycles. The molecule has 1 amide bonds. The summed E-state index contributed by atoms with van der Waals surface area (Å²) in [6.07, 6.45) is 2.02. The smallest absolute Gasteiger partial charge is 0.311 e. The van der Waals surface area contributed by atoms with Crippen LogP contribution in [0.2, 0.25) is 0 Å². The molecular weight excluding hydrogens is 332 g/mol. The molecular formula is C19H22N4O3. The zero-order valence-corrected chi connectivity index (χ0v) is 14.7. The van der Waals surface area contributed by atoms with Crippen molar-refractivity contribution >= 4 is 17.4 Å². The fraction of sp³-hybridized carbons (Fsp3) is 0.368. The number of nitrogens with zero attached hydrogens (tertiary/aromatic N) is 4. The number of aromatic nitrogens is 1. The van der Waals surface area contributed by atoms with E-state index >= 15 is 0 Å². The van der Waals surface area contributed by atoms with E-state index in [1.807, 2.05) is 40.1 Å². The van der Waals surface area contributed by atoms with Crippen LogP contribution in [-0.4, -0.2) is 46.9 Å². The molecule has 0 spiro atoms. The Morgan fingerprint density at radius 1 is 1.15 bits per heavy atom. The lowest BCUT2D eigenvalue weighted by atomic mass is 9.97. The van der Waals surface area contributed by atoms with Gasteiger partial charge in [-0.1, -0.05) is 37.3 Å². The first-order chi connectivity index (χ1) is 12.6. The minimum Gasteiger partial charge on any atom is -0.347 e. The fourth-order valence-electron chi connectivity index (χ4n) is 3.23. The van der Waals surface area contributed by atoms with Crippen molar-refractivity contribution in [2.45, 2.75) is 19.3 Å². The first-order valence-electron chi connectivity index (χ1n) is 8.73. The monoisotopic (exact) mass is 354 g/mol. The SMILES string of the molecule is C[C@H](CC(=O)N1CCN(c2ncccc2[N+](=O)[O-])CC1)c1ccccc1. The number of amides is 1. The van der Waals surface area contributed by atoms with Crippen molar-refractivity contribution in [3.8, 4) is 0 Å².